The largest absolute Gasteiger partial charge is 0.468 e. The number of ether oxygens (including phenoxy) is 2. The standard InChI is InChI=1S/C23H22O5/c1-27-20(25)22-11-15-7-3-5-9-17(15)13-23(19(22)24,21(26)28-2)14-18-10-6-4-8-16(18)12-22/h3-10H,11-14H2,1-2H3/t22-,23+/i11D2,13D2. The third kappa shape index (κ3) is 2.49. The first-order chi connectivity index (χ1) is 15.0. The van der Waals surface area contributed by atoms with Crippen LogP contribution in [0.25, 0.3) is 0 Å². The van der Waals surface area contributed by atoms with E-state index < -0.39 is 41.3 Å². The number of ketones is 1. The van der Waals surface area contributed by atoms with Crippen LogP contribution in [0.15, 0.2) is 48.5 Å². The van der Waals surface area contributed by atoms with E-state index in [9.17, 15) is 14.4 Å². The van der Waals surface area contributed by atoms with E-state index in [2.05, 4.69) is 0 Å². The first-order valence-electron chi connectivity index (χ1n) is 10.9. The Labute approximate surface area is 169 Å². The first-order valence-corrected chi connectivity index (χ1v) is 8.91. The van der Waals surface area contributed by atoms with Crippen molar-refractivity contribution in [1.29, 1.82) is 0 Å². The molecule has 2 atom stereocenters. The third-order valence-corrected chi connectivity index (χ3v) is 5.50. The number of Topliss-reactive ketones (excluding diaryl/α,β-unsaturated/α-hetero) is 1. The summed E-state index contributed by atoms with van der Waals surface area (Å²) in [4.78, 5) is 41.1. The van der Waals surface area contributed by atoms with Crippen molar-refractivity contribution in [2.75, 3.05) is 14.2 Å². The molecule has 0 N–H and O–H groups in total. The highest BCUT2D eigenvalue weighted by Crippen LogP contribution is 2.48. The summed E-state index contributed by atoms with van der Waals surface area (Å²) in [5.41, 5.74) is -4.43. The number of carbonyl (C=O) groups is 3. The summed E-state index contributed by atoms with van der Waals surface area (Å²) >= 11 is 0. The summed E-state index contributed by atoms with van der Waals surface area (Å²) < 4.78 is 46.2. The minimum Gasteiger partial charge on any atom is -0.468 e. The zero-order chi connectivity index (χ0) is 23.5. The second-order valence-corrected chi connectivity index (χ2v) is 7.04. The lowest BCUT2D eigenvalue weighted by Gasteiger charge is -2.34. The Morgan fingerprint density at radius 3 is 1.50 bits per heavy atom. The van der Waals surface area contributed by atoms with E-state index in [-0.39, 0.29) is 24.0 Å². The molecule has 144 valence electrons. The number of hydrogen-bond donors (Lipinski definition) is 0. The lowest BCUT2D eigenvalue weighted by molar-refractivity contribution is -0.168. The molecule has 0 unspecified atom stereocenters. The Hall–Kier alpha value is -2.95. The van der Waals surface area contributed by atoms with Gasteiger partial charge in [-0.1, -0.05) is 48.5 Å². The van der Waals surface area contributed by atoms with Crippen LogP contribution in [0.4, 0.5) is 0 Å². The van der Waals surface area contributed by atoms with Crippen molar-refractivity contribution in [2.45, 2.75) is 25.6 Å². The van der Waals surface area contributed by atoms with Crippen molar-refractivity contribution < 1.29 is 29.3 Å². The predicted octanol–water partition coefficient (Wildman–Crippen LogP) is 2.47. The van der Waals surface area contributed by atoms with Gasteiger partial charge >= 0.3 is 11.9 Å². The fourth-order valence-corrected chi connectivity index (χ4v) is 4.14. The maximum absolute atomic E-state index is 14.4. The van der Waals surface area contributed by atoms with Crippen molar-refractivity contribution in [2.24, 2.45) is 10.8 Å². The van der Waals surface area contributed by atoms with Crippen LogP contribution in [0, 0.1) is 10.8 Å². The predicted molar refractivity (Wildman–Crippen MR) is 102 cm³/mol. The first kappa shape index (κ1) is 14.1. The lowest BCUT2D eigenvalue weighted by Crippen LogP contribution is -2.54. The normalized spacial score (nSPS) is 31.3. The van der Waals surface area contributed by atoms with Gasteiger partial charge in [-0.2, -0.15) is 0 Å². The minimum absolute atomic E-state index is 0.172. The van der Waals surface area contributed by atoms with Gasteiger partial charge in [0.25, 0.3) is 0 Å². The van der Waals surface area contributed by atoms with Gasteiger partial charge in [0.15, 0.2) is 5.78 Å². The summed E-state index contributed by atoms with van der Waals surface area (Å²) in [5.74, 6) is -3.50. The summed E-state index contributed by atoms with van der Waals surface area (Å²) in [6, 6.07) is 12.4. The molecule has 28 heavy (non-hydrogen) atoms. The quantitative estimate of drug-likeness (QED) is 0.590. The van der Waals surface area contributed by atoms with Crippen molar-refractivity contribution in [3.63, 3.8) is 0 Å². The Bertz CT molecular complexity index is 1060. The Morgan fingerprint density at radius 2 is 1.14 bits per heavy atom. The van der Waals surface area contributed by atoms with Gasteiger partial charge in [0.2, 0.25) is 0 Å². The van der Waals surface area contributed by atoms with Gasteiger partial charge in [-0.05, 0) is 47.8 Å². The second-order valence-electron chi connectivity index (χ2n) is 7.04. The van der Waals surface area contributed by atoms with Crippen LogP contribution >= 0.6 is 0 Å². The molecule has 2 bridgehead atoms. The van der Waals surface area contributed by atoms with E-state index in [0.717, 1.165) is 14.2 Å². The van der Waals surface area contributed by atoms with Crippen molar-refractivity contribution in [3.05, 3.63) is 70.8 Å². The highest BCUT2D eigenvalue weighted by atomic mass is 16.5. The van der Waals surface area contributed by atoms with Crippen LogP contribution in [0.5, 0.6) is 0 Å². The third-order valence-electron chi connectivity index (χ3n) is 5.50. The van der Waals surface area contributed by atoms with E-state index in [4.69, 9.17) is 15.0 Å². The SMILES string of the molecule is [2H]C1([2H])c2ccccc2C([2H])([2H])[C@@]2(C(=O)OC)Cc3ccccc3C[C@]1(C(=O)OC)C2=O. The van der Waals surface area contributed by atoms with Gasteiger partial charge in [0.1, 0.15) is 10.8 Å². The Balaban J connectivity index is 2.27. The smallest absolute Gasteiger partial charge is 0.320 e. The van der Waals surface area contributed by atoms with Crippen LogP contribution in [0.1, 0.15) is 27.7 Å². The monoisotopic (exact) mass is 382 g/mol. The summed E-state index contributed by atoms with van der Waals surface area (Å²) in [7, 11) is 2.09. The van der Waals surface area contributed by atoms with E-state index >= 15 is 0 Å². The van der Waals surface area contributed by atoms with Crippen molar-refractivity contribution in [3.8, 4) is 0 Å². The lowest BCUT2D eigenvalue weighted by atomic mass is 9.66. The van der Waals surface area contributed by atoms with Crippen LogP contribution in [0.2, 0.25) is 0 Å². The average molecular weight is 382 g/mol. The molecule has 2 aliphatic rings. The summed E-state index contributed by atoms with van der Waals surface area (Å²) in [6.07, 6.45) is -6.14. The number of fused-ring (bicyclic) bond motifs is 4. The van der Waals surface area contributed by atoms with Gasteiger partial charge in [-0.25, -0.2) is 0 Å². The number of rotatable bonds is 2. The molecule has 2 aliphatic carbocycles. The number of esters is 2. The van der Waals surface area contributed by atoms with E-state index in [0.29, 0.717) is 11.1 Å². The van der Waals surface area contributed by atoms with Gasteiger partial charge in [-0.15, -0.1) is 0 Å². The molecule has 2 aromatic carbocycles. The molecule has 0 heterocycles. The molecule has 0 spiro atoms. The van der Waals surface area contributed by atoms with Gasteiger partial charge in [0.05, 0.1) is 14.2 Å². The number of benzene rings is 2. The maximum Gasteiger partial charge on any atom is 0.320 e. The molecule has 0 saturated heterocycles. The molecule has 0 fully saturated rings. The van der Waals surface area contributed by atoms with Crippen molar-refractivity contribution in [1.82, 2.24) is 0 Å². The van der Waals surface area contributed by atoms with Crippen LogP contribution < -0.4 is 0 Å². The Morgan fingerprint density at radius 1 is 0.786 bits per heavy atom. The molecule has 4 rings (SSSR count). The molecule has 2 aromatic rings. The molecule has 5 nitrogen and oxygen atoms in total. The molecule has 0 aromatic heterocycles. The molecule has 0 aliphatic heterocycles. The average Bonchev–Trinajstić information content (AvgIpc) is 2.93. The number of hydrogen-bond acceptors (Lipinski definition) is 5. The fraction of sp³-hybridized carbons (Fsp3) is 0.348. The molecular weight excluding hydrogens is 356 g/mol. The van der Waals surface area contributed by atoms with Crippen molar-refractivity contribution >= 4 is 17.7 Å². The summed E-state index contributed by atoms with van der Waals surface area (Å²) in [5, 5.41) is 0. The van der Waals surface area contributed by atoms with Gasteiger partial charge in [-0.3, -0.25) is 14.4 Å². The molecule has 0 amide bonds. The van der Waals surface area contributed by atoms with E-state index in [1.807, 2.05) is 0 Å². The maximum atomic E-state index is 14.4. The fourth-order valence-electron chi connectivity index (χ4n) is 4.14. The highest BCUT2D eigenvalue weighted by Gasteiger charge is 2.62. The minimum atomic E-state index is -2.69. The van der Waals surface area contributed by atoms with Gasteiger partial charge in [0, 0.05) is 5.48 Å². The zero-order valence-corrected chi connectivity index (χ0v) is 15.6. The van der Waals surface area contributed by atoms with Crippen LogP contribution in [-0.2, 0) is 49.4 Å². The number of carbonyl (C=O) groups excluding carboxylic acids is 3. The summed E-state index contributed by atoms with van der Waals surface area (Å²) in [6.45, 7) is 0. The highest BCUT2D eigenvalue weighted by molar-refractivity contribution is 6.16. The Kier molecular flexibility index (Phi) is 3.32. The van der Waals surface area contributed by atoms with Gasteiger partial charge < -0.3 is 9.47 Å². The number of methoxy groups -OCH3 is 2. The molecular formula is C23H22O5. The van der Waals surface area contributed by atoms with E-state index in [1.54, 1.807) is 24.3 Å². The second kappa shape index (κ2) is 6.59. The molecule has 0 radical (unpaired) electrons. The zero-order valence-electron chi connectivity index (χ0n) is 19.6. The molecule has 0 saturated carbocycles. The topological polar surface area (TPSA) is 69.7 Å². The van der Waals surface area contributed by atoms with Crippen LogP contribution in [0.3, 0.4) is 0 Å². The van der Waals surface area contributed by atoms with Crippen LogP contribution in [-0.4, -0.2) is 31.9 Å². The van der Waals surface area contributed by atoms with E-state index in [1.165, 1.54) is 24.3 Å². The molecule has 5 heteroatoms.